The molecule has 2 heterocycles. The number of imidazole rings is 1. The van der Waals surface area contributed by atoms with E-state index in [9.17, 15) is 0 Å². The topological polar surface area (TPSA) is 67.8 Å². The molecule has 0 radical (unpaired) electrons. The zero-order valence-electron chi connectivity index (χ0n) is 7.32. The molecule has 4 heteroatoms. The van der Waals surface area contributed by atoms with Crippen LogP contribution in [0.4, 0.5) is 0 Å². The van der Waals surface area contributed by atoms with Crippen molar-refractivity contribution < 1.29 is 4.42 Å². The highest BCUT2D eigenvalue weighted by molar-refractivity contribution is 5.56. The van der Waals surface area contributed by atoms with Crippen LogP contribution in [0.25, 0.3) is 11.3 Å². The zero-order chi connectivity index (χ0) is 9.26. The first-order valence-corrected chi connectivity index (χ1v) is 4.10. The van der Waals surface area contributed by atoms with Crippen molar-refractivity contribution in [3.63, 3.8) is 0 Å². The summed E-state index contributed by atoms with van der Waals surface area (Å²) in [6, 6.07) is 1.80. The molecule has 0 amide bonds. The van der Waals surface area contributed by atoms with E-state index in [4.69, 9.17) is 10.2 Å². The third kappa shape index (κ3) is 1.48. The first-order valence-electron chi connectivity index (χ1n) is 4.10. The average Bonchev–Trinajstić information content (AvgIpc) is 2.75. The van der Waals surface area contributed by atoms with Gasteiger partial charge in [0.1, 0.15) is 5.82 Å². The Morgan fingerprint density at radius 2 is 2.46 bits per heavy atom. The number of hydrogen-bond donors (Lipinski definition) is 2. The summed E-state index contributed by atoms with van der Waals surface area (Å²) in [4.78, 5) is 7.27. The Balaban J connectivity index is 2.33. The summed E-state index contributed by atoms with van der Waals surface area (Å²) >= 11 is 0. The van der Waals surface area contributed by atoms with E-state index in [0.29, 0.717) is 0 Å². The summed E-state index contributed by atoms with van der Waals surface area (Å²) in [7, 11) is 0. The van der Waals surface area contributed by atoms with Gasteiger partial charge < -0.3 is 15.1 Å². The molecule has 0 aliphatic rings. The molecule has 0 aliphatic heterocycles. The molecule has 0 spiro atoms. The molecule has 2 rings (SSSR count). The number of aromatic nitrogens is 2. The van der Waals surface area contributed by atoms with E-state index in [1.807, 2.05) is 13.0 Å². The number of nitrogens with one attached hydrogen (secondary N) is 1. The van der Waals surface area contributed by atoms with Gasteiger partial charge in [0, 0.05) is 5.56 Å². The lowest BCUT2D eigenvalue weighted by atomic mass is 10.3. The van der Waals surface area contributed by atoms with Crippen LogP contribution < -0.4 is 5.73 Å². The van der Waals surface area contributed by atoms with Crippen molar-refractivity contribution in [1.29, 1.82) is 0 Å². The second-order valence-electron chi connectivity index (χ2n) is 2.98. The van der Waals surface area contributed by atoms with Crippen molar-refractivity contribution in [1.82, 2.24) is 9.97 Å². The number of furan rings is 1. The second kappa shape index (κ2) is 3.06. The van der Waals surface area contributed by atoms with Gasteiger partial charge in [-0.25, -0.2) is 4.98 Å². The first-order chi connectivity index (χ1) is 6.27. The molecule has 0 fully saturated rings. The molecule has 3 N–H and O–H groups in total. The van der Waals surface area contributed by atoms with Crippen molar-refractivity contribution in [2.45, 2.75) is 13.0 Å². The predicted octanol–water partition coefficient (Wildman–Crippen LogP) is 1.69. The van der Waals surface area contributed by atoms with Crippen LogP contribution in [0, 0.1) is 0 Å². The minimum Gasteiger partial charge on any atom is -0.472 e. The fourth-order valence-electron chi connectivity index (χ4n) is 1.13. The molecule has 2 aromatic heterocycles. The van der Waals surface area contributed by atoms with Gasteiger partial charge in [-0.05, 0) is 13.0 Å². The van der Waals surface area contributed by atoms with Crippen molar-refractivity contribution >= 4 is 0 Å². The Labute approximate surface area is 75.8 Å². The lowest BCUT2D eigenvalue weighted by molar-refractivity contribution is 0.568. The highest BCUT2D eigenvalue weighted by atomic mass is 16.3. The minimum absolute atomic E-state index is 0.0688. The van der Waals surface area contributed by atoms with Gasteiger partial charge in [-0.3, -0.25) is 0 Å². The number of aromatic amines is 1. The average molecular weight is 177 g/mol. The summed E-state index contributed by atoms with van der Waals surface area (Å²) in [5.74, 6) is 0.788. The van der Waals surface area contributed by atoms with Crippen molar-refractivity contribution in [2.24, 2.45) is 5.73 Å². The van der Waals surface area contributed by atoms with E-state index in [1.165, 1.54) is 0 Å². The van der Waals surface area contributed by atoms with Crippen LogP contribution in [0.5, 0.6) is 0 Å². The van der Waals surface area contributed by atoms with Gasteiger partial charge in [-0.2, -0.15) is 0 Å². The van der Waals surface area contributed by atoms with E-state index in [2.05, 4.69) is 9.97 Å². The van der Waals surface area contributed by atoms with Crippen LogP contribution in [0.1, 0.15) is 18.8 Å². The normalized spacial score (nSPS) is 13.1. The Kier molecular flexibility index (Phi) is 1.90. The monoisotopic (exact) mass is 177 g/mol. The zero-order valence-corrected chi connectivity index (χ0v) is 7.32. The molecule has 1 unspecified atom stereocenters. The maximum Gasteiger partial charge on any atom is 0.123 e. The van der Waals surface area contributed by atoms with Gasteiger partial charge in [-0.1, -0.05) is 0 Å². The van der Waals surface area contributed by atoms with Crippen molar-refractivity contribution in [3.8, 4) is 11.3 Å². The molecule has 0 bridgehead atoms. The molecule has 1 atom stereocenters. The highest BCUT2D eigenvalue weighted by Gasteiger charge is 2.06. The fourth-order valence-corrected chi connectivity index (χ4v) is 1.13. The molecular weight excluding hydrogens is 166 g/mol. The number of nitrogens with two attached hydrogens (primary N) is 1. The summed E-state index contributed by atoms with van der Waals surface area (Å²) in [5, 5.41) is 0. The van der Waals surface area contributed by atoms with Crippen LogP contribution in [0.3, 0.4) is 0 Å². The summed E-state index contributed by atoms with van der Waals surface area (Å²) < 4.78 is 4.96. The smallest absolute Gasteiger partial charge is 0.123 e. The first kappa shape index (κ1) is 8.07. The molecule has 0 saturated heterocycles. The number of hydrogen-bond acceptors (Lipinski definition) is 3. The van der Waals surface area contributed by atoms with E-state index < -0.39 is 0 Å². The minimum atomic E-state index is -0.0688. The van der Waals surface area contributed by atoms with E-state index in [0.717, 1.165) is 17.1 Å². The van der Waals surface area contributed by atoms with Gasteiger partial charge in [-0.15, -0.1) is 0 Å². The highest BCUT2D eigenvalue weighted by Crippen LogP contribution is 2.18. The number of rotatable bonds is 2. The Hall–Kier alpha value is -1.55. The molecule has 2 aromatic rings. The SMILES string of the molecule is CC(N)c1ncc(-c2ccoc2)[nH]1. The number of nitrogens with zero attached hydrogens (tertiary/aromatic N) is 1. The van der Waals surface area contributed by atoms with E-state index in [1.54, 1.807) is 18.7 Å². The molecule has 0 aromatic carbocycles. The predicted molar refractivity (Wildman–Crippen MR) is 48.9 cm³/mol. The summed E-state index contributed by atoms with van der Waals surface area (Å²) in [5.41, 5.74) is 7.58. The van der Waals surface area contributed by atoms with Crippen LogP contribution in [-0.2, 0) is 0 Å². The molecule has 68 valence electrons. The molecular formula is C9H11N3O. The van der Waals surface area contributed by atoms with Crippen LogP contribution in [-0.4, -0.2) is 9.97 Å². The summed E-state index contributed by atoms with van der Waals surface area (Å²) in [6.07, 6.45) is 5.05. The maximum absolute atomic E-state index is 5.66. The quantitative estimate of drug-likeness (QED) is 0.733. The Morgan fingerprint density at radius 3 is 3.00 bits per heavy atom. The van der Waals surface area contributed by atoms with Gasteiger partial charge >= 0.3 is 0 Å². The van der Waals surface area contributed by atoms with Gasteiger partial charge in [0.25, 0.3) is 0 Å². The van der Waals surface area contributed by atoms with Crippen LogP contribution in [0.15, 0.2) is 29.2 Å². The maximum atomic E-state index is 5.66. The molecule has 0 aliphatic carbocycles. The standard InChI is InChI=1S/C9H11N3O/c1-6(10)9-11-4-8(12-9)7-2-3-13-5-7/h2-6H,10H2,1H3,(H,11,12). The molecule has 13 heavy (non-hydrogen) atoms. The van der Waals surface area contributed by atoms with Crippen molar-refractivity contribution in [2.75, 3.05) is 0 Å². The van der Waals surface area contributed by atoms with Gasteiger partial charge in [0.2, 0.25) is 0 Å². The third-order valence-corrected chi connectivity index (χ3v) is 1.86. The fraction of sp³-hybridized carbons (Fsp3) is 0.222. The lowest BCUT2D eigenvalue weighted by Gasteiger charge is -1.97. The Bertz CT molecular complexity index is 375. The van der Waals surface area contributed by atoms with Crippen LogP contribution in [0.2, 0.25) is 0 Å². The van der Waals surface area contributed by atoms with E-state index >= 15 is 0 Å². The molecule has 4 nitrogen and oxygen atoms in total. The van der Waals surface area contributed by atoms with Crippen LogP contribution >= 0.6 is 0 Å². The largest absolute Gasteiger partial charge is 0.472 e. The van der Waals surface area contributed by atoms with Gasteiger partial charge in [0.15, 0.2) is 0 Å². The van der Waals surface area contributed by atoms with Crippen molar-refractivity contribution in [3.05, 3.63) is 30.6 Å². The van der Waals surface area contributed by atoms with Gasteiger partial charge in [0.05, 0.1) is 30.5 Å². The molecule has 0 saturated carbocycles. The number of H-pyrrole nitrogens is 1. The Morgan fingerprint density at radius 1 is 1.62 bits per heavy atom. The third-order valence-electron chi connectivity index (χ3n) is 1.86. The lowest BCUT2D eigenvalue weighted by Crippen LogP contribution is -2.06. The second-order valence-corrected chi connectivity index (χ2v) is 2.98. The van der Waals surface area contributed by atoms with E-state index in [-0.39, 0.29) is 6.04 Å². The summed E-state index contributed by atoms with van der Waals surface area (Å²) in [6.45, 7) is 1.89.